The summed E-state index contributed by atoms with van der Waals surface area (Å²) in [4.78, 5) is 0. The van der Waals surface area contributed by atoms with E-state index in [1.54, 1.807) is 25.1 Å². The highest BCUT2D eigenvalue weighted by molar-refractivity contribution is 7.25. The van der Waals surface area contributed by atoms with Gasteiger partial charge in [-0.05, 0) is 24.6 Å². The molecule has 0 radical (unpaired) electrons. The van der Waals surface area contributed by atoms with Gasteiger partial charge in [0.05, 0.1) is 9.40 Å². The second kappa shape index (κ2) is 3.40. The van der Waals surface area contributed by atoms with Gasteiger partial charge >= 0.3 is 0 Å². The van der Waals surface area contributed by atoms with Crippen LogP contribution in [0.1, 0.15) is 5.56 Å². The van der Waals surface area contributed by atoms with Gasteiger partial charge in [0.15, 0.2) is 11.6 Å². The SMILES string of the molecule is Cc1ccc2c(sc3c(F)c(O)ccc32)c1F. The Morgan fingerprint density at radius 3 is 2.24 bits per heavy atom. The zero-order chi connectivity index (χ0) is 12.2. The van der Waals surface area contributed by atoms with Crippen LogP contribution in [0.4, 0.5) is 8.78 Å². The molecule has 17 heavy (non-hydrogen) atoms. The van der Waals surface area contributed by atoms with E-state index in [4.69, 9.17) is 0 Å². The molecular formula is C13H8F2OS. The number of halogens is 2. The summed E-state index contributed by atoms with van der Waals surface area (Å²) >= 11 is 1.03. The number of hydrogen-bond acceptors (Lipinski definition) is 2. The van der Waals surface area contributed by atoms with Gasteiger partial charge in [0.2, 0.25) is 0 Å². The van der Waals surface area contributed by atoms with Crippen molar-refractivity contribution in [3.8, 4) is 5.75 Å². The maximum absolute atomic E-state index is 13.9. The second-order valence-electron chi connectivity index (χ2n) is 3.95. The standard InChI is InChI=1S/C13H8F2OS/c1-6-2-3-7-8-4-5-9(16)11(15)13(8)17-12(7)10(6)14/h2-5,16H,1H3. The van der Waals surface area contributed by atoms with E-state index in [1.807, 2.05) is 0 Å². The van der Waals surface area contributed by atoms with Crippen molar-refractivity contribution in [1.82, 2.24) is 0 Å². The van der Waals surface area contributed by atoms with E-state index in [1.165, 1.54) is 6.07 Å². The summed E-state index contributed by atoms with van der Waals surface area (Å²) in [5.74, 6) is -1.40. The van der Waals surface area contributed by atoms with Crippen molar-refractivity contribution < 1.29 is 13.9 Å². The zero-order valence-corrected chi connectivity index (χ0v) is 9.74. The third kappa shape index (κ3) is 1.34. The average molecular weight is 250 g/mol. The van der Waals surface area contributed by atoms with E-state index in [9.17, 15) is 13.9 Å². The number of aryl methyl sites for hydroxylation is 1. The molecule has 0 spiro atoms. The molecule has 4 heteroatoms. The first-order chi connectivity index (χ1) is 8.09. The van der Waals surface area contributed by atoms with Gasteiger partial charge in [-0.25, -0.2) is 8.78 Å². The van der Waals surface area contributed by atoms with E-state index in [0.29, 0.717) is 25.7 Å². The Balaban J connectivity index is 2.58. The Morgan fingerprint density at radius 1 is 0.941 bits per heavy atom. The van der Waals surface area contributed by atoms with E-state index in [0.717, 1.165) is 11.3 Å². The number of phenols is 1. The number of thiophene rings is 1. The first-order valence-corrected chi connectivity index (χ1v) is 5.90. The molecule has 0 aliphatic rings. The van der Waals surface area contributed by atoms with Gasteiger partial charge in [-0.1, -0.05) is 12.1 Å². The number of phenolic OH excluding ortho intramolecular Hbond substituents is 1. The summed E-state index contributed by atoms with van der Waals surface area (Å²) in [7, 11) is 0. The van der Waals surface area contributed by atoms with E-state index >= 15 is 0 Å². The van der Waals surface area contributed by atoms with Crippen LogP contribution in [0.15, 0.2) is 24.3 Å². The molecule has 0 fully saturated rings. The van der Waals surface area contributed by atoms with Gasteiger partial charge in [-0.15, -0.1) is 11.3 Å². The molecule has 1 heterocycles. The molecule has 1 aromatic heterocycles. The Morgan fingerprint density at radius 2 is 1.53 bits per heavy atom. The number of fused-ring (bicyclic) bond motifs is 3. The predicted molar refractivity (Wildman–Crippen MR) is 65.6 cm³/mol. The molecule has 0 saturated carbocycles. The quantitative estimate of drug-likeness (QED) is 0.629. The number of hydrogen-bond donors (Lipinski definition) is 1. The molecule has 2 aromatic carbocycles. The van der Waals surface area contributed by atoms with Crippen molar-refractivity contribution in [2.45, 2.75) is 6.92 Å². The summed E-state index contributed by atoms with van der Waals surface area (Å²) in [5, 5.41) is 10.6. The van der Waals surface area contributed by atoms with Gasteiger partial charge in [0.25, 0.3) is 0 Å². The molecule has 0 unspecified atom stereocenters. The largest absolute Gasteiger partial charge is 0.505 e. The number of aromatic hydroxyl groups is 1. The van der Waals surface area contributed by atoms with Crippen LogP contribution < -0.4 is 0 Å². The molecule has 0 bridgehead atoms. The molecular weight excluding hydrogens is 242 g/mol. The van der Waals surface area contributed by atoms with Crippen LogP contribution in [0.2, 0.25) is 0 Å². The fourth-order valence-electron chi connectivity index (χ4n) is 1.93. The molecule has 0 saturated heterocycles. The van der Waals surface area contributed by atoms with Crippen molar-refractivity contribution in [3.05, 3.63) is 41.5 Å². The highest BCUT2D eigenvalue weighted by Crippen LogP contribution is 2.39. The summed E-state index contributed by atoms with van der Waals surface area (Å²) in [6, 6.07) is 6.36. The van der Waals surface area contributed by atoms with Crippen molar-refractivity contribution in [1.29, 1.82) is 0 Å². The molecule has 0 aliphatic carbocycles. The minimum atomic E-state index is -0.680. The lowest BCUT2D eigenvalue weighted by atomic mass is 10.1. The predicted octanol–water partition coefficient (Wildman–Crippen LogP) is 4.35. The summed E-state index contributed by atoms with van der Waals surface area (Å²) in [5.41, 5.74) is 0.536. The first kappa shape index (κ1) is 10.5. The van der Waals surface area contributed by atoms with Crippen LogP contribution in [-0.2, 0) is 0 Å². The molecule has 1 N–H and O–H groups in total. The van der Waals surface area contributed by atoms with E-state index in [2.05, 4.69) is 0 Å². The van der Waals surface area contributed by atoms with Crippen molar-refractivity contribution >= 4 is 31.5 Å². The van der Waals surface area contributed by atoms with Crippen LogP contribution in [0.3, 0.4) is 0 Å². The van der Waals surface area contributed by atoms with Crippen LogP contribution >= 0.6 is 11.3 Å². The van der Waals surface area contributed by atoms with Crippen LogP contribution in [0.5, 0.6) is 5.75 Å². The van der Waals surface area contributed by atoms with Gasteiger partial charge < -0.3 is 5.11 Å². The Hall–Kier alpha value is -1.68. The lowest BCUT2D eigenvalue weighted by molar-refractivity contribution is 0.436. The summed E-state index contributed by atoms with van der Waals surface area (Å²) in [6.45, 7) is 1.67. The number of rotatable bonds is 0. The highest BCUT2D eigenvalue weighted by atomic mass is 32.1. The second-order valence-corrected chi connectivity index (χ2v) is 4.97. The van der Waals surface area contributed by atoms with Crippen LogP contribution in [-0.4, -0.2) is 5.11 Å². The Bertz CT molecular complexity index is 684. The molecule has 86 valence electrons. The van der Waals surface area contributed by atoms with Crippen LogP contribution in [0, 0.1) is 18.6 Å². The minimum absolute atomic E-state index is 0.296. The topological polar surface area (TPSA) is 20.2 Å². The van der Waals surface area contributed by atoms with Crippen LogP contribution in [0.25, 0.3) is 20.2 Å². The lowest BCUT2D eigenvalue weighted by Gasteiger charge is -1.97. The maximum atomic E-state index is 13.9. The summed E-state index contributed by atoms with van der Waals surface area (Å²) in [6.07, 6.45) is 0. The average Bonchev–Trinajstić information content (AvgIpc) is 2.69. The summed E-state index contributed by atoms with van der Waals surface area (Å²) < 4.78 is 28.3. The van der Waals surface area contributed by atoms with E-state index in [-0.39, 0.29) is 5.82 Å². The van der Waals surface area contributed by atoms with Gasteiger partial charge in [0, 0.05) is 10.8 Å². The molecule has 3 aromatic rings. The van der Waals surface area contributed by atoms with Crippen molar-refractivity contribution in [2.24, 2.45) is 0 Å². The molecule has 0 amide bonds. The highest BCUT2D eigenvalue weighted by Gasteiger charge is 2.15. The Kier molecular flexibility index (Phi) is 2.10. The maximum Gasteiger partial charge on any atom is 0.182 e. The minimum Gasteiger partial charge on any atom is -0.505 e. The molecule has 0 atom stereocenters. The third-order valence-electron chi connectivity index (χ3n) is 2.86. The molecule has 0 aliphatic heterocycles. The first-order valence-electron chi connectivity index (χ1n) is 5.08. The molecule has 3 rings (SSSR count). The third-order valence-corrected chi connectivity index (χ3v) is 4.07. The van der Waals surface area contributed by atoms with E-state index < -0.39 is 11.6 Å². The zero-order valence-electron chi connectivity index (χ0n) is 8.92. The lowest BCUT2D eigenvalue weighted by Crippen LogP contribution is -1.80. The fourth-order valence-corrected chi connectivity index (χ4v) is 3.15. The van der Waals surface area contributed by atoms with Crippen molar-refractivity contribution in [2.75, 3.05) is 0 Å². The van der Waals surface area contributed by atoms with Gasteiger partial charge in [0.1, 0.15) is 5.82 Å². The normalized spacial score (nSPS) is 11.5. The van der Waals surface area contributed by atoms with Gasteiger partial charge in [-0.2, -0.15) is 0 Å². The van der Waals surface area contributed by atoms with Gasteiger partial charge in [-0.3, -0.25) is 0 Å². The Labute approximate surface area is 99.9 Å². The molecule has 1 nitrogen and oxygen atoms in total. The number of benzene rings is 2. The van der Waals surface area contributed by atoms with Crippen molar-refractivity contribution in [3.63, 3.8) is 0 Å². The monoisotopic (exact) mass is 250 g/mol. The fraction of sp³-hybridized carbons (Fsp3) is 0.0769. The smallest absolute Gasteiger partial charge is 0.182 e.